The molecule has 1 aromatic rings. The number of benzene rings is 1. The van der Waals surface area contributed by atoms with Crippen molar-refractivity contribution in [2.45, 2.75) is 18.8 Å². The molecule has 5 heteroatoms. The Morgan fingerprint density at radius 1 is 1.20 bits per heavy atom. The number of nitrogens with two attached hydrogens (primary N) is 1. The van der Waals surface area contributed by atoms with E-state index in [-0.39, 0.29) is 12.5 Å². The van der Waals surface area contributed by atoms with Crippen molar-refractivity contribution in [3.8, 4) is 11.5 Å². The zero-order valence-electron chi connectivity index (χ0n) is 11.5. The monoisotopic (exact) mass is 276 g/mol. The zero-order valence-corrected chi connectivity index (χ0v) is 11.5. The first-order chi connectivity index (χ1) is 9.78. The minimum atomic E-state index is 0.0469. The van der Waals surface area contributed by atoms with Crippen molar-refractivity contribution < 1.29 is 14.3 Å². The molecule has 5 nitrogen and oxygen atoms in total. The van der Waals surface area contributed by atoms with Gasteiger partial charge in [-0.1, -0.05) is 6.07 Å². The maximum atomic E-state index is 11.6. The van der Waals surface area contributed by atoms with E-state index in [0.717, 1.165) is 37.4 Å². The first-order valence-electron chi connectivity index (χ1n) is 7.15. The zero-order chi connectivity index (χ0) is 13.9. The van der Waals surface area contributed by atoms with Crippen LogP contribution in [0.25, 0.3) is 0 Å². The number of piperidine rings is 1. The summed E-state index contributed by atoms with van der Waals surface area (Å²) in [6, 6.07) is 6.18. The highest BCUT2D eigenvalue weighted by Gasteiger charge is 2.24. The smallest absolute Gasteiger partial charge is 0.236 e. The molecule has 0 radical (unpaired) electrons. The summed E-state index contributed by atoms with van der Waals surface area (Å²) in [5, 5.41) is 0. The summed E-state index contributed by atoms with van der Waals surface area (Å²) in [4.78, 5) is 13.4. The minimum absolute atomic E-state index is 0.0469. The molecule has 1 saturated heterocycles. The lowest BCUT2D eigenvalue weighted by Crippen LogP contribution is -2.41. The predicted octanol–water partition coefficient (Wildman–Crippen LogP) is 1.12. The molecule has 108 valence electrons. The fraction of sp³-hybridized carbons (Fsp3) is 0.533. The minimum Gasteiger partial charge on any atom is -0.486 e. The number of rotatable bonds is 2. The van der Waals surface area contributed by atoms with Crippen LogP contribution in [0.5, 0.6) is 11.5 Å². The molecule has 2 aliphatic heterocycles. The lowest BCUT2D eigenvalue weighted by Gasteiger charge is -2.32. The Hall–Kier alpha value is -1.75. The summed E-state index contributed by atoms with van der Waals surface area (Å²) in [7, 11) is 0. The lowest BCUT2D eigenvalue weighted by molar-refractivity contribution is -0.130. The average molecular weight is 276 g/mol. The highest BCUT2D eigenvalue weighted by atomic mass is 16.6. The van der Waals surface area contributed by atoms with Crippen LogP contribution in [0.1, 0.15) is 24.3 Å². The molecule has 0 saturated carbocycles. The summed E-state index contributed by atoms with van der Waals surface area (Å²) in [5.74, 6) is 2.20. The van der Waals surface area contributed by atoms with Gasteiger partial charge in [-0.25, -0.2) is 0 Å². The van der Waals surface area contributed by atoms with Crippen molar-refractivity contribution in [3.05, 3.63) is 23.8 Å². The van der Waals surface area contributed by atoms with Crippen LogP contribution in [0.4, 0.5) is 0 Å². The molecule has 0 spiro atoms. The Morgan fingerprint density at radius 2 is 1.90 bits per heavy atom. The molecular formula is C15H20N2O3. The molecule has 1 aromatic carbocycles. The van der Waals surface area contributed by atoms with Gasteiger partial charge in [0, 0.05) is 13.1 Å². The van der Waals surface area contributed by atoms with Crippen LogP contribution < -0.4 is 15.2 Å². The number of nitrogens with zero attached hydrogens (tertiary/aromatic N) is 1. The van der Waals surface area contributed by atoms with Gasteiger partial charge in [-0.15, -0.1) is 0 Å². The van der Waals surface area contributed by atoms with Gasteiger partial charge in [0.05, 0.1) is 6.54 Å². The third kappa shape index (κ3) is 2.58. The van der Waals surface area contributed by atoms with Gasteiger partial charge in [0.15, 0.2) is 11.5 Å². The largest absolute Gasteiger partial charge is 0.486 e. The predicted molar refractivity (Wildman–Crippen MR) is 75.0 cm³/mol. The van der Waals surface area contributed by atoms with Crippen molar-refractivity contribution in [2.24, 2.45) is 5.73 Å². The fourth-order valence-electron chi connectivity index (χ4n) is 2.91. The molecule has 0 atom stereocenters. The van der Waals surface area contributed by atoms with E-state index in [1.165, 1.54) is 5.56 Å². The molecule has 1 amide bonds. The van der Waals surface area contributed by atoms with Gasteiger partial charge in [-0.05, 0) is 36.5 Å². The summed E-state index contributed by atoms with van der Waals surface area (Å²) in [6.07, 6.45) is 1.96. The van der Waals surface area contributed by atoms with E-state index in [1.807, 2.05) is 11.0 Å². The second kappa shape index (κ2) is 5.71. The Kier molecular flexibility index (Phi) is 3.78. The SMILES string of the molecule is NCC(=O)N1CCC(c2ccc3c(c2)OCCO3)CC1. The molecule has 2 aliphatic rings. The van der Waals surface area contributed by atoms with E-state index in [1.54, 1.807) is 0 Å². The molecule has 2 N–H and O–H groups in total. The number of carbonyl (C=O) groups is 1. The maximum absolute atomic E-state index is 11.6. The number of fused-ring (bicyclic) bond motifs is 1. The van der Waals surface area contributed by atoms with Crippen LogP contribution in [0.3, 0.4) is 0 Å². The van der Waals surface area contributed by atoms with Gasteiger partial charge >= 0.3 is 0 Å². The molecule has 20 heavy (non-hydrogen) atoms. The van der Waals surface area contributed by atoms with Crippen LogP contribution in [-0.4, -0.2) is 43.7 Å². The summed E-state index contributed by atoms with van der Waals surface area (Å²) in [5.41, 5.74) is 6.68. The van der Waals surface area contributed by atoms with E-state index in [0.29, 0.717) is 19.1 Å². The van der Waals surface area contributed by atoms with Crippen LogP contribution in [0.15, 0.2) is 18.2 Å². The first kappa shape index (κ1) is 13.2. The van der Waals surface area contributed by atoms with Crippen molar-refractivity contribution >= 4 is 5.91 Å². The quantitative estimate of drug-likeness (QED) is 0.879. The first-order valence-corrected chi connectivity index (χ1v) is 7.15. The molecule has 1 fully saturated rings. The maximum Gasteiger partial charge on any atom is 0.236 e. The average Bonchev–Trinajstić information content (AvgIpc) is 2.54. The summed E-state index contributed by atoms with van der Waals surface area (Å²) in [6.45, 7) is 2.91. The van der Waals surface area contributed by atoms with Crippen molar-refractivity contribution in [1.29, 1.82) is 0 Å². The van der Waals surface area contributed by atoms with E-state index in [2.05, 4.69) is 12.1 Å². The summed E-state index contributed by atoms with van der Waals surface area (Å²) < 4.78 is 11.2. The summed E-state index contributed by atoms with van der Waals surface area (Å²) >= 11 is 0. The number of amides is 1. The highest BCUT2D eigenvalue weighted by molar-refractivity contribution is 5.78. The van der Waals surface area contributed by atoms with Crippen LogP contribution in [0, 0.1) is 0 Å². The second-order valence-corrected chi connectivity index (χ2v) is 5.26. The van der Waals surface area contributed by atoms with E-state index >= 15 is 0 Å². The topological polar surface area (TPSA) is 64.8 Å². The number of hydrogen-bond donors (Lipinski definition) is 1. The number of carbonyl (C=O) groups excluding carboxylic acids is 1. The van der Waals surface area contributed by atoms with Crippen molar-refractivity contribution in [3.63, 3.8) is 0 Å². The Labute approximate surface area is 118 Å². The van der Waals surface area contributed by atoms with Gasteiger partial charge < -0.3 is 20.1 Å². The highest BCUT2D eigenvalue weighted by Crippen LogP contribution is 2.36. The lowest BCUT2D eigenvalue weighted by atomic mass is 9.89. The van der Waals surface area contributed by atoms with Crippen molar-refractivity contribution in [2.75, 3.05) is 32.8 Å². The Balaban J connectivity index is 1.67. The van der Waals surface area contributed by atoms with E-state index in [4.69, 9.17) is 15.2 Å². The molecular weight excluding hydrogens is 256 g/mol. The molecule has 0 unspecified atom stereocenters. The molecule has 0 bridgehead atoms. The fourth-order valence-corrected chi connectivity index (χ4v) is 2.91. The van der Waals surface area contributed by atoms with E-state index in [9.17, 15) is 4.79 Å². The standard InChI is InChI=1S/C15H20N2O3/c16-10-15(18)17-5-3-11(4-6-17)12-1-2-13-14(9-12)20-8-7-19-13/h1-2,9,11H,3-8,10,16H2. The van der Waals surface area contributed by atoms with Gasteiger partial charge in [0.2, 0.25) is 5.91 Å². The number of ether oxygens (including phenoxy) is 2. The third-order valence-electron chi connectivity index (χ3n) is 4.06. The van der Waals surface area contributed by atoms with Crippen LogP contribution in [0.2, 0.25) is 0 Å². The molecule has 0 aromatic heterocycles. The normalized spacial score (nSPS) is 18.9. The molecule has 0 aliphatic carbocycles. The van der Waals surface area contributed by atoms with Gasteiger partial charge in [0.1, 0.15) is 13.2 Å². The number of hydrogen-bond acceptors (Lipinski definition) is 4. The molecule has 2 heterocycles. The molecule has 3 rings (SSSR count). The van der Waals surface area contributed by atoms with E-state index < -0.39 is 0 Å². The number of likely N-dealkylation sites (tertiary alicyclic amines) is 1. The third-order valence-corrected chi connectivity index (χ3v) is 4.06. The Bertz CT molecular complexity index is 496. The second-order valence-electron chi connectivity index (χ2n) is 5.26. The van der Waals surface area contributed by atoms with Crippen LogP contribution >= 0.6 is 0 Å². The van der Waals surface area contributed by atoms with Gasteiger partial charge in [-0.3, -0.25) is 4.79 Å². The van der Waals surface area contributed by atoms with Crippen molar-refractivity contribution in [1.82, 2.24) is 4.90 Å². The van der Waals surface area contributed by atoms with Gasteiger partial charge in [-0.2, -0.15) is 0 Å². The Morgan fingerprint density at radius 3 is 2.60 bits per heavy atom. The van der Waals surface area contributed by atoms with Gasteiger partial charge in [0.25, 0.3) is 0 Å². The van der Waals surface area contributed by atoms with Crippen LogP contribution in [-0.2, 0) is 4.79 Å².